The summed E-state index contributed by atoms with van der Waals surface area (Å²) < 4.78 is 0. The Morgan fingerprint density at radius 2 is 1.34 bits per heavy atom. The molecule has 3 aliphatic rings. The molecule has 5 atom stereocenters. The molecule has 5 rings (SSSR count). The molecule has 0 aromatic heterocycles. The standard InChI is InChI=1S/C28H32N4O6/c33-19-10-8-18(9-11-19)14-22-28(38)32-16-20(34)15-24(32)26(36)30-21(13-17-5-2-1-3-6-17)27(37)31-12-4-7-23(31)25(35)29-22/h1-3,5-6,8-11,20-24,33-34H,4,7,12-16H2,(H,29,35)(H,30,36)/t20-,21+,22+,23+,24+/m1/s1. The Morgan fingerprint density at radius 3 is 2.00 bits per heavy atom. The summed E-state index contributed by atoms with van der Waals surface area (Å²) in [6.45, 7) is 0.328. The van der Waals surface area contributed by atoms with Gasteiger partial charge in [0.1, 0.15) is 29.9 Å². The number of carbonyl (C=O) groups is 4. The van der Waals surface area contributed by atoms with Crippen LogP contribution in [0.5, 0.6) is 5.75 Å². The van der Waals surface area contributed by atoms with Crippen LogP contribution in [0, 0.1) is 0 Å². The summed E-state index contributed by atoms with van der Waals surface area (Å²) in [6.07, 6.45) is 0.584. The van der Waals surface area contributed by atoms with Crippen LogP contribution in [0.1, 0.15) is 30.4 Å². The zero-order valence-corrected chi connectivity index (χ0v) is 21.0. The van der Waals surface area contributed by atoms with Crippen molar-refractivity contribution in [3.63, 3.8) is 0 Å². The van der Waals surface area contributed by atoms with Gasteiger partial charge in [-0.05, 0) is 36.1 Å². The molecule has 200 valence electrons. The van der Waals surface area contributed by atoms with Gasteiger partial charge in [-0.3, -0.25) is 19.2 Å². The van der Waals surface area contributed by atoms with Gasteiger partial charge in [0.05, 0.1) is 6.10 Å². The monoisotopic (exact) mass is 520 g/mol. The van der Waals surface area contributed by atoms with Crippen LogP contribution in [-0.4, -0.2) is 87.0 Å². The van der Waals surface area contributed by atoms with E-state index in [0.29, 0.717) is 24.9 Å². The molecule has 38 heavy (non-hydrogen) atoms. The zero-order valence-electron chi connectivity index (χ0n) is 21.0. The van der Waals surface area contributed by atoms with Gasteiger partial charge in [0, 0.05) is 32.4 Å². The SMILES string of the molecule is O=C1N[C@@H](Cc2ccc(O)cc2)C(=O)N2C[C@H](O)C[C@H]2C(=O)N[C@@H](Cc2ccccc2)C(=O)N2CCC[C@@H]12. The van der Waals surface area contributed by atoms with E-state index in [1.807, 2.05) is 30.3 Å². The van der Waals surface area contributed by atoms with Crippen molar-refractivity contribution in [3.05, 3.63) is 65.7 Å². The average Bonchev–Trinajstić information content (AvgIpc) is 3.55. The van der Waals surface area contributed by atoms with Crippen LogP contribution in [0.25, 0.3) is 0 Å². The summed E-state index contributed by atoms with van der Waals surface area (Å²) in [5.41, 5.74) is 1.56. The topological polar surface area (TPSA) is 139 Å². The number of phenols is 1. The lowest BCUT2D eigenvalue weighted by Gasteiger charge is -2.34. The van der Waals surface area contributed by atoms with E-state index in [0.717, 1.165) is 5.56 Å². The number of nitrogens with zero attached hydrogens (tertiary/aromatic N) is 2. The summed E-state index contributed by atoms with van der Waals surface area (Å²) in [7, 11) is 0. The third-order valence-corrected chi connectivity index (χ3v) is 7.59. The Balaban J connectivity index is 1.49. The molecule has 0 saturated carbocycles. The summed E-state index contributed by atoms with van der Waals surface area (Å²) in [5, 5.41) is 25.7. The third-order valence-electron chi connectivity index (χ3n) is 7.59. The van der Waals surface area contributed by atoms with E-state index in [4.69, 9.17) is 0 Å². The van der Waals surface area contributed by atoms with Gasteiger partial charge < -0.3 is 30.6 Å². The number of aliphatic hydroxyl groups excluding tert-OH is 1. The van der Waals surface area contributed by atoms with Crippen LogP contribution < -0.4 is 10.6 Å². The Morgan fingerprint density at radius 1 is 0.763 bits per heavy atom. The number of hydrogen-bond acceptors (Lipinski definition) is 6. The molecule has 0 spiro atoms. The van der Waals surface area contributed by atoms with E-state index in [2.05, 4.69) is 10.6 Å². The molecule has 3 heterocycles. The zero-order chi connectivity index (χ0) is 26.8. The van der Waals surface area contributed by atoms with E-state index >= 15 is 0 Å². The molecule has 3 saturated heterocycles. The van der Waals surface area contributed by atoms with E-state index in [9.17, 15) is 29.4 Å². The van der Waals surface area contributed by atoms with E-state index in [1.165, 1.54) is 21.9 Å². The second-order valence-corrected chi connectivity index (χ2v) is 10.3. The first-order chi connectivity index (χ1) is 18.3. The maximum atomic E-state index is 13.8. The summed E-state index contributed by atoms with van der Waals surface area (Å²) in [6, 6.07) is 12.0. The molecule has 0 radical (unpaired) electrons. The van der Waals surface area contributed by atoms with Gasteiger partial charge in [0.25, 0.3) is 0 Å². The Kier molecular flexibility index (Phi) is 7.33. The highest BCUT2D eigenvalue weighted by atomic mass is 16.3. The Hall–Kier alpha value is -3.92. The van der Waals surface area contributed by atoms with Gasteiger partial charge in [-0.15, -0.1) is 0 Å². The maximum absolute atomic E-state index is 13.8. The van der Waals surface area contributed by atoms with Crippen LogP contribution >= 0.6 is 0 Å². The largest absolute Gasteiger partial charge is 0.508 e. The number of nitrogens with one attached hydrogen (secondary N) is 2. The minimum Gasteiger partial charge on any atom is -0.508 e. The summed E-state index contributed by atoms with van der Waals surface area (Å²) in [4.78, 5) is 57.3. The number of aromatic hydroxyl groups is 1. The van der Waals surface area contributed by atoms with Gasteiger partial charge in [-0.1, -0.05) is 42.5 Å². The fourth-order valence-electron chi connectivity index (χ4n) is 5.66. The molecule has 0 unspecified atom stereocenters. The highest BCUT2D eigenvalue weighted by Crippen LogP contribution is 2.25. The van der Waals surface area contributed by atoms with Crippen molar-refractivity contribution in [1.82, 2.24) is 20.4 Å². The number of carbonyl (C=O) groups excluding carboxylic acids is 4. The molecule has 2 aromatic rings. The lowest BCUT2D eigenvalue weighted by atomic mass is 10.0. The first-order valence-corrected chi connectivity index (χ1v) is 13.0. The second kappa shape index (κ2) is 10.8. The Bertz CT molecular complexity index is 1200. The lowest BCUT2D eigenvalue weighted by Crippen LogP contribution is -2.61. The predicted octanol–water partition coefficient (Wildman–Crippen LogP) is 0.113. The van der Waals surface area contributed by atoms with Crippen LogP contribution in [-0.2, 0) is 32.0 Å². The van der Waals surface area contributed by atoms with E-state index in [-0.39, 0.29) is 37.5 Å². The Labute approximate surface area is 220 Å². The second-order valence-electron chi connectivity index (χ2n) is 10.3. The lowest BCUT2D eigenvalue weighted by molar-refractivity contribution is -0.147. The number of aliphatic hydroxyl groups is 1. The fraction of sp³-hybridized carbons (Fsp3) is 0.429. The maximum Gasteiger partial charge on any atom is 0.246 e. The van der Waals surface area contributed by atoms with Crippen molar-refractivity contribution >= 4 is 23.6 Å². The molecule has 4 amide bonds. The van der Waals surface area contributed by atoms with Crippen LogP contribution in [0.15, 0.2) is 54.6 Å². The molecular weight excluding hydrogens is 488 g/mol. The quantitative estimate of drug-likeness (QED) is 0.452. The molecule has 4 N–H and O–H groups in total. The minimum atomic E-state index is -1.01. The number of rotatable bonds is 4. The van der Waals surface area contributed by atoms with Gasteiger partial charge in [0.2, 0.25) is 23.6 Å². The van der Waals surface area contributed by atoms with Gasteiger partial charge in [-0.25, -0.2) is 0 Å². The molecule has 3 fully saturated rings. The van der Waals surface area contributed by atoms with E-state index < -0.39 is 48.0 Å². The van der Waals surface area contributed by atoms with E-state index in [1.54, 1.807) is 12.1 Å². The summed E-state index contributed by atoms with van der Waals surface area (Å²) in [5.74, 6) is -1.66. The molecule has 10 nitrogen and oxygen atoms in total. The normalized spacial score (nSPS) is 28.2. The van der Waals surface area contributed by atoms with Crippen molar-refractivity contribution in [2.45, 2.75) is 62.4 Å². The van der Waals surface area contributed by atoms with Crippen LogP contribution in [0.3, 0.4) is 0 Å². The summed E-state index contributed by atoms with van der Waals surface area (Å²) >= 11 is 0. The number of amides is 4. The van der Waals surface area contributed by atoms with Crippen LogP contribution in [0.2, 0.25) is 0 Å². The number of phenolic OH excluding ortho intramolecular Hbond substituents is 1. The predicted molar refractivity (Wildman–Crippen MR) is 137 cm³/mol. The molecule has 10 heteroatoms. The van der Waals surface area contributed by atoms with Gasteiger partial charge >= 0.3 is 0 Å². The van der Waals surface area contributed by atoms with Crippen LogP contribution in [0.4, 0.5) is 0 Å². The smallest absolute Gasteiger partial charge is 0.246 e. The number of hydrogen-bond donors (Lipinski definition) is 4. The van der Waals surface area contributed by atoms with Gasteiger partial charge in [-0.2, -0.15) is 0 Å². The highest BCUT2D eigenvalue weighted by Gasteiger charge is 2.45. The molecular formula is C28H32N4O6. The molecule has 0 aliphatic carbocycles. The first kappa shape index (κ1) is 25.7. The molecule has 0 bridgehead atoms. The van der Waals surface area contributed by atoms with Crippen molar-refractivity contribution in [2.75, 3.05) is 13.1 Å². The van der Waals surface area contributed by atoms with Crippen molar-refractivity contribution in [3.8, 4) is 5.75 Å². The average molecular weight is 521 g/mol. The van der Waals surface area contributed by atoms with Crippen molar-refractivity contribution < 1.29 is 29.4 Å². The van der Waals surface area contributed by atoms with Crippen molar-refractivity contribution in [1.29, 1.82) is 0 Å². The number of fused-ring (bicyclic) bond motifs is 2. The third kappa shape index (κ3) is 5.35. The molecule has 3 aliphatic heterocycles. The highest BCUT2D eigenvalue weighted by molar-refractivity contribution is 5.98. The minimum absolute atomic E-state index is 0.0377. The van der Waals surface area contributed by atoms with Crippen molar-refractivity contribution in [2.24, 2.45) is 0 Å². The fourth-order valence-corrected chi connectivity index (χ4v) is 5.66. The molecule has 2 aromatic carbocycles. The first-order valence-electron chi connectivity index (χ1n) is 13.0. The van der Waals surface area contributed by atoms with Gasteiger partial charge in [0.15, 0.2) is 0 Å². The number of benzene rings is 2.